The van der Waals surface area contributed by atoms with Gasteiger partial charge < -0.3 is 9.72 Å². The third kappa shape index (κ3) is 2.68. The predicted octanol–water partition coefficient (Wildman–Crippen LogP) is 3.84. The zero-order chi connectivity index (χ0) is 17.3. The van der Waals surface area contributed by atoms with Crippen LogP contribution in [0, 0.1) is 0 Å². The molecule has 130 valence electrons. The van der Waals surface area contributed by atoms with E-state index in [0.717, 1.165) is 59.3 Å². The maximum Gasteiger partial charge on any atom is 0.137 e. The number of nitrogens with one attached hydrogen (secondary N) is 1. The monoisotopic (exact) mass is 345 g/mol. The van der Waals surface area contributed by atoms with Crippen molar-refractivity contribution in [3.05, 3.63) is 55.4 Å². The number of fused-ring (bicyclic) bond motifs is 1. The van der Waals surface area contributed by atoms with E-state index in [0.29, 0.717) is 6.04 Å². The highest BCUT2D eigenvalue weighted by atomic mass is 16.5. The Labute approximate surface area is 150 Å². The van der Waals surface area contributed by atoms with E-state index in [9.17, 15) is 0 Å². The Balaban J connectivity index is 1.53. The maximum atomic E-state index is 5.45. The van der Waals surface area contributed by atoms with Crippen LogP contribution in [0.1, 0.15) is 18.9 Å². The molecule has 0 aromatic carbocycles. The van der Waals surface area contributed by atoms with Gasteiger partial charge in [0.2, 0.25) is 0 Å². The molecule has 4 aromatic rings. The molecular formula is C20H19N5O. The van der Waals surface area contributed by atoms with Gasteiger partial charge in [-0.05, 0) is 36.6 Å². The lowest BCUT2D eigenvalue weighted by molar-refractivity contribution is 0.0662. The first-order valence-corrected chi connectivity index (χ1v) is 8.88. The maximum absolute atomic E-state index is 5.45. The fourth-order valence-corrected chi connectivity index (χ4v) is 3.57. The van der Waals surface area contributed by atoms with Crippen LogP contribution in [0.5, 0.6) is 0 Å². The van der Waals surface area contributed by atoms with E-state index in [2.05, 4.69) is 37.0 Å². The first kappa shape index (κ1) is 15.3. The van der Waals surface area contributed by atoms with Crippen molar-refractivity contribution in [3.63, 3.8) is 0 Å². The number of pyridine rings is 2. The summed E-state index contributed by atoms with van der Waals surface area (Å²) in [6, 6.07) is 6.63. The molecule has 5 heterocycles. The molecule has 0 radical (unpaired) electrons. The highest BCUT2D eigenvalue weighted by molar-refractivity contribution is 5.95. The second kappa shape index (κ2) is 6.38. The van der Waals surface area contributed by atoms with E-state index in [-0.39, 0.29) is 0 Å². The smallest absolute Gasteiger partial charge is 0.137 e. The molecule has 1 N–H and O–H groups in total. The van der Waals surface area contributed by atoms with Crippen molar-refractivity contribution in [2.45, 2.75) is 18.9 Å². The van der Waals surface area contributed by atoms with Crippen LogP contribution in [0.2, 0.25) is 0 Å². The minimum absolute atomic E-state index is 0.425. The van der Waals surface area contributed by atoms with Crippen LogP contribution in [-0.4, -0.2) is 37.9 Å². The van der Waals surface area contributed by atoms with E-state index in [1.165, 1.54) is 0 Å². The molecule has 5 rings (SSSR count). The van der Waals surface area contributed by atoms with E-state index in [1.807, 2.05) is 43.1 Å². The van der Waals surface area contributed by atoms with Crippen molar-refractivity contribution in [2.24, 2.45) is 0 Å². The van der Waals surface area contributed by atoms with Crippen molar-refractivity contribution >= 4 is 11.0 Å². The summed E-state index contributed by atoms with van der Waals surface area (Å²) in [7, 11) is 0. The summed E-state index contributed by atoms with van der Waals surface area (Å²) in [5, 5.41) is 5.69. The number of rotatable bonds is 3. The minimum atomic E-state index is 0.425. The van der Waals surface area contributed by atoms with Crippen LogP contribution < -0.4 is 0 Å². The Morgan fingerprint density at radius 1 is 1.04 bits per heavy atom. The number of aromatic amines is 1. The van der Waals surface area contributed by atoms with Gasteiger partial charge in [-0.3, -0.25) is 9.67 Å². The largest absolute Gasteiger partial charge is 0.381 e. The van der Waals surface area contributed by atoms with Crippen molar-refractivity contribution in [2.75, 3.05) is 13.2 Å². The Bertz CT molecular complexity index is 1030. The zero-order valence-electron chi connectivity index (χ0n) is 14.3. The molecule has 0 atom stereocenters. The number of ether oxygens (including phenoxy) is 1. The van der Waals surface area contributed by atoms with Gasteiger partial charge >= 0.3 is 0 Å². The lowest BCUT2D eigenvalue weighted by atomic mass is 10.0. The molecule has 6 nitrogen and oxygen atoms in total. The van der Waals surface area contributed by atoms with Gasteiger partial charge in [-0.15, -0.1) is 0 Å². The topological polar surface area (TPSA) is 68.6 Å². The van der Waals surface area contributed by atoms with Crippen molar-refractivity contribution < 1.29 is 4.74 Å². The van der Waals surface area contributed by atoms with Crippen LogP contribution >= 0.6 is 0 Å². The molecule has 0 spiro atoms. The fourth-order valence-electron chi connectivity index (χ4n) is 3.57. The van der Waals surface area contributed by atoms with Crippen LogP contribution in [0.3, 0.4) is 0 Å². The molecular weight excluding hydrogens is 326 g/mol. The molecule has 0 saturated carbocycles. The molecule has 1 saturated heterocycles. The normalized spacial score (nSPS) is 15.5. The van der Waals surface area contributed by atoms with Crippen LogP contribution in [-0.2, 0) is 4.74 Å². The first-order valence-electron chi connectivity index (χ1n) is 8.88. The Kier molecular flexibility index (Phi) is 3.75. The first-order chi connectivity index (χ1) is 12.9. The highest BCUT2D eigenvalue weighted by Gasteiger charge is 2.17. The van der Waals surface area contributed by atoms with E-state index < -0.39 is 0 Å². The summed E-state index contributed by atoms with van der Waals surface area (Å²) in [5.41, 5.74) is 5.31. The number of hydrogen-bond acceptors (Lipinski definition) is 4. The second-order valence-corrected chi connectivity index (χ2v) is 6.61. The minimum Gasteiger partial charge on any atom is -0.381 e. The summed E-state index contributed by atoms with van der Waals surface area (Å²) in [4.78, 5) is 12.0. The molecule has 0 aliphatic carbocycles. The van der Waals surface area contributed by atoms with Gasteiger partial charge in [0, 0.05) is 66.3 Å². The van der Waals surface area contributed by atoms with Gasteiger partial charge in [-0.2, -0.15) is 5.10 Å². The van der Waals surface area contributed by atoms with Gasteiger partial charge in [0.15, 0.2) is 0 Å². The van der Waals surface area contributed by atoms with Gasteiger partial charge in [0.1, 0.15) is 5.65 Å². The quantitative estimate of drug-likeness (QED) is 0.612. The Morgan fingerprint density at radius 3 is 2.73 bits per heavy atom. The third-order valence-corrected chi connectivity index (χ3v) is 5.02. The zero-order valence-corrected chi connectivity index (χ0v) is 14.3. The van der Waals surface area contributed by atoms with Gasteiger partial charge in [0.05, 0.1) is 12.2 Å². The average molecular weight is 345 g/mol. The molecule has 1 aliphatic heterocycles. The third-order valence-electron chi connectivity index (χ3n) is 5.02. The van der Waals surface area contributed by atoms with Gasteiger partial charge in [-0.1, -0.05) is 0 Å². The predicted molar refractivity (Wildman–Crippen MR) is 99.6 cm³/mol. The Hall–Kier alpha value is -2.99. The molecule has 6 heteroatoms. The van der Waals surface area contributed by atoms with E-state index in [4.69, 9.17) is 4.74 Å². The molecule has 0 bridgehead atoms. The molecule has 1 fully saturated rings. The lowest BCUT2D eigenvalue weighted by Gasteiger charge is -2.22. The molecule has 1 aliphatic rings. The van der Waals surface area contributed by atoms with E-state index in [1.54, 1.807) is 0 Å². The molecule has 0 amide bonds. The SMILES string of the molecule is c1cc(-c2c[nH]c3ncc(-c4cnn(C5CCOCC5)c4)cc23)ccn1. The van der Waals surface area contributed by atoms with Crippen LogP contribution in [0.15, 0.2) is 55.4 Å². The summed E-state index contributed by atoms with van der Waals surface area (Å²) in [5.74, 6) is 0. The Morgan fingerprint density at radius 2 is 1.88 bits per heavy atom. The number of nitrogens with zero attached hydrogens (tertiary/aromatic N) is 4. The second-order valence-electron chi connectivity index (χ2n) is 6.61. The highest BCUT2D eigenvalue weighted by Crippen LogP contribution is 2.31. The molecule has 4 aromatic heterocycles. The summed E-state index contributed by atoms with van der Waals surface area (Å²) < 4.78 is 7.52. The number of hydrogen-bond donors (Lipinski definition) is 1. The summed E-state index contributed by atoms with van der Waals surface area (Å²) in [6.45, 7) is 1.62. The van der Waals surface area contributed by atoms with Crippen molar-refractivity contribution in [1.82, 2.24) is 24.7 Å². The van der Waals surface area contributed by atoms with E-state index >= 15 is 0 Å². The van der Waals surface area contributed by atoms with Crippen LogP contribution in [0.4, 0.5) is 0 Å². The standard InChI is InChI=1S/C20H19N5O/c1-5-21-6-2-14(1)19-12-23-20-18(19)9-15(10-22-20)16-11-24-25(13-16)17-3-7-26-8-4-17/h1-2,5-6,9-13,17H,3-4,7-8H2,(H,22,23). The summed E-state index contributed by atoms with van der Waals surface area (Å²) in [6.07, 6.45) is 13.6. The summed E-state index contributed by atoms with van der Waals surface area (Å²) >= 11 is 0. The molecule has 0 unspecified atom stereocenters. The fraction of sp³-hybridized carbons (Fsp3) is 0.250. The number of H-pyrrole nitrogens is 1. The number of aromatic nitrogens is 5. The lowest BCUT2D eigenvalue weighted by Crippen LogP contribution is -2.19. The van der Waals surface area contributed by atoms with Gasteiger partial charge in [-0.25, -0.2) is 4.98 Å². The van der Waals surface area contributed by atoms with Gasteiger partial charge in [0.25, 0.3) is 0 Å². The average Bonchev–Trinajstić information content (AvgIpc) is 3.36. The van der Waals surface area contributed by atoms with Crippen molar-refractivity contribution in [1.29, 1.82) is 0 Å². The molecule has 26 heavy (non-hydrogen) atoms. The van der Waals surface area contributed by atoms with Crippen LogP contribution in [0.25, 0.3) is 33.3 Å². The van der Waals surface area contributed by atoms with Crippen molar-refractivity contribution in [3.8, 4) is 22.3 Å².